The molecule has 6 heteroatoms. The zero-order valence-corrected chi connectivity index (χ0v) is 14.7. The van der Waals surface area contributed by atoms with Crippen LogP contribution in [0.2, 0.25) is 0 Å². The fourth-order valence-electron chi connectivity index (χ4n) is 2.60. The first kappa shape index (κ1) is 18.3. The Hall–Kier alpha value is -3.54. The van der Waals surface area contributed by atoms with E-state index in [4.69, 9.17) is 0 Å². The second kappa shape index (κ2) is 8.23. The van der Waals surface area contributed by atoms with E-state index < -0.39 is 11.7 Å². The molecule has 2 amide bonds. The Labute approximate surface area is 156 Å². The number of pyridine rings is 1. The molecule has 0 aliphatic carbocycles. The maximum Gasteiger partial charge on any atom is 0.274 e. The largest absolute Gasteiger partial charge is 0.322 e. The Morgan fingerprint density at radius 1 is 0.963 bits per heavy atom. The summed E-state index contributed by atoms with van der Waals surface area (Å²) in [5.41, 5.74) is 2.43. The molecule has 2 N–H and O–H groups in total. The van der Waals surface area contributed by atoms with Crippen molar-refractivity contribution < 1.29 is 14.0 Å². The summed E-state index contributed by atoms with van der Waals surface area (Å²) in [4.78, 5) is 28.9. The quantitative estimate of drug-likeness (QED) is 0.710. The summed E-state index contributed by atoms with van der Waals surface area (Å²) in [6.45, 7) is 2.01. The number of anilines is 2. The molecule has 136 valence electrons. The summed E-state index contributed by atoms with van der Waals surface area (Å²) in [6.07, 6.45) is 2.18. The zero-order chi connectivity index (χ0) is 19.2. The molecule has 27 heavy (non-hydrogen) atoms. The van der Waals surface area contributed by atoms with E-state index in [-0.39, 0.29) is 11.6 Å². The van der Waals surface area contributed by atoms with Gasteiger partial charge in [0, 0.05) is 23.1 Å². The third-order valence-electron chi connectivity index (χ3n) is 3.98. The van der Waals surface area contributed by atoms with Crippen LogP contribution in [-0.4, -0.2) is 16.8 Å². The molecule has 0 unspecified atom stereocenters. The minimum absolute atomic E-state index is 0.0655. The van der Waals surface area contributed by atoms with Gasteiger partial charge in [-0.25, -0.2) is 4.39 Å². The van der Waals surface area contributed by atoms with Gasteiger partial charge in [0.2, 0.25) is 0 Å². The number of amides is 2. The molecule has 1 heterocycles. The van der Waals surface area contributed by atoms with Crippen molar-refractivity contribution in [3.05, 3.63) is 89.5 Å². The van der Waals surface area contributed by atoms with E-state index >= 15 is 0 Å². The molecule has 5 nitrogen and oxygen atoms in total. The Morgan fingerprint density at radius 2 is 1.78 bits per heavy atom. The van der Waals surface area contributed by atoms with Gasteiger partial charge in [-0.2, -0.15) is 0 Å². The third kappa shape index (κ3) is 4.55. The molecule has 0 aliphatic rings. The van der Waals surface area contributed by atoms with E-state index in [1.807, 2.05) is 31.2 Å². The van der Waals surface area contributed by atoms with E-state index in [1.54, 1.807) is 6.07 Å². The SMILES string of the molecule is CCc1ccccc1NC(=O)c1ccnc(C(=O)Nc2cccc(F)c2)c1. The van der Waals surface area contributed by atoms with Gasteiger partial charge in [0.25, 0.3) is 11.8 Å². The Kier molecular flexibility index (Phi) is 5.56. The number of hydrogen-bond acceptors (Lipinski definition) is 3. The Balaban J connectivity index is 1.76. The normalized spacial score (nSPS) is 10.3. The highest BCUT2D eigenvalue weighted by molar-refractivity contribution is 6.08. The molecule has 2 aromatic carbocycles. The number of aryl methyl sites for hydroxylation is 1. The van der Waals surface area contributed by atoms with Crippen molar-refractivity contribution in [3.63, 3.8) is 0 Å². The van der Waals surface area contributed by atoms with Crippen molar-refractivity contribution in [2.75, 3.05) is 10.6 Å². The highest BCUT2D eigenvalue weighted by atomic mass is 19.1. The van der Waals surface area contributed by atoms with Crippen LogP contribution in [0.25, 0.3) is 0 Å². The lowest BCUT2D eigenvalue weighted by molar-refractivity contribution is 0.102. The molecule has 0 saturated carbocycles. The molecular formula is C21H18FN3O2. The van der Waals surface area contributed by atoms with E-state index in [0.717, 1.165) is 17.7 Å². The first-order valence-corrected chi connectivity index (χ1v) is 8.49. The Bertz CT molecular complexity index is 988. The number of aromatic nitrogens is 1. The van der Waals surface area contributed by atoms with Gasteiger partial charge >= 0.3 is 0 Å². The van der Waals surface area contributed by atoms with Gasteiger partial charge in [-0.1, -0.05) is 31.2 Å². The van der Waals surface area contributed by atoms with Gasteiger partial charge in [-0.3, -0.25) is 14.6 Å². The fourth-order valence-corrected chi connectivity index (χ4v) is 2.60. The van der Waals surface area contributed by atoms with Crippen LogP contribution in [0.5, 0.6) is 0 Å². The monoisotopic (exact) mass is 363 g/mol. The maximum atomic E-state index is 13.2. The first-order chi connectivity index (χ1) is 13.1. The van der Waals surface area contributed by atoms with E-state index in [0.29, 0.717) is 11.3 Å². The number of carbonyl (C=O) groups excluding carboxylic acids is 2. The number of carbonyl (C=O) groups is 2. The van der Waals surface area contributed by atoms with E-state index in [1.165, 1.54) is 36.5 Å². The smallest absolute Gasteiger partial charge is 0.274 e. The highest BCUT2D eigenvalue weighted by Gasteiger charge is 2.13. The van der Waals surface area contributed by atoms with Crippen LogP contribution in [0.3, 0.4) is 0 Å². The molecule has 0 radical (unpaired) electrons. The number of nitrogens with one attached hydrogen (secondary N) is 2. The molecule has 0 saturated heterocycles. The third-order valence-corrected chi connectivity index (χ3v) is 3.98. The van der Waals surface area contributed by atoms with Crippen molar-refractivity contribution in [2.24, 2.45) is 0 Å². The zero-order valence-electron chi connectivity index (χ0n) is 14.7. The van der Waals surface area contributed by atoms with Crippen molar-refractivity contribution >= 4 is 23.2 Å². The molecule has 0 spiro atoms. The second-order valence-corrected chi connectivity index (χ2v) is 5.86. The van der Waals surface area contributed by atoms with Crippen molar-refractivity contribution in [2.45, 2.75) is 13.3 Å². The predicted octanol–water partition coefficient (Wildman–Crippen LogP) is 4.29. The van der Waals surface area contributed by atoms with E-state index in [9.17, 15) is 14.0 Å². The molecular weight excluding hydrogens is 345 g/mol. The van der Waals surface area contributed by atoms with Crippen molar-refractivity contribution in [3.8, 4) is 0 Å². The minimum Gasteiger partial charge on any atom is -0.322 e. The molecule has 3 rings (SSSR count). The molecule has 0 atom stereocenters. The van der Waals surface area contributed by atoms with Gasteiger partial charge in [-0.15, -0.1) is 0 Å². The summed E-state index contributed by atoms with van der Waals surface area (Å²) in [6, 6.07) is 16.0. The second-order valence-electron chi connectivity index (χ2n) is 5.86. The van der Waals surface area contributed by atoms with Crippen LogP contribution < -0.4 is 10.6 Å². The van der Waals surface area contributed by atoms with Crippen LogP contribution in [0.1, 0.15) is 33.3 Å². The van der Waals surface area contributed by atoms with Crippen molar-refractivity contribution in [1.82, 2.24) is 4.98 Å². The van der Waals surface area contributed by atoms with E-state index in [2.05, 4.69) is 15.6 Å². The molecule has 0 fully saturated rings. The van der Waals surface area contributed by atoms with Gasteiger partial charge in [0.15, 0.2) is 0 Å². The summed E-state index contributed by atoms with van der Waals surface area (Å²) < 4.78 is 13.2. The first-order valence-electron chi connectivity index (χ1n) is 8.49. The van der Waals surface area contributed by atoms with Gasteiger partial charge in [0.05, 0.1) is 0 Å². The number of para-hydroxylation sites is 1. The average Bonchev–Trinajstić information content (AvgIpc) is 2.68. The molecule has 0 bridgehead atoms. The summed E-state index contributed by atoms with van der Waals surface area (Å²) >= 11 is 0. The molecule has 0 aliphatic heterocycles. The summed E-state index contributed by atoms with van der Waals surface area (Å²) in [5.74, 6) is -1.31. The summed E-state index contributed by atoms with van der Waals surface area (Å²) in [7, 11) is 0. The van der Waals surface area contributed by atoms with Crippen LogP contribution >= 0.6 is 0 Å². The van der Waals surface area contributed by atoms with Gasteiger partial charge in [0.1, 0.15) is 11.5 Å². The average molecular weight is 363 g/mol. The number of hydrogen-bond donors (Lipinski definition) is 2. The van der Waals surface area contributed by atoms with Crippen molar-refractivity contribution in [1.29, 1.82) is 0 Å². The van der Waals surface area contributed by atoms with Gasteiger partial charge in [-0.05, 0) is 48.4 Å². The topological polar surface area (TPSA) is 71.1 Å². The number of nitrogens with zero attached hydrogens (tertiary/aromatic N) is 1. The molecule has 1 aromatic heterocycles. The molecule has 3 aromatic rings. The Morgan fingerprint density at radius 3 is 2.56 bits per heavy atom. The predicted molar refractivity (Wildman–Crippen MR) is 102 cm³/mol. The number of halogens is 1. The highest BCUT2D eigenvalue weighted by Crippen LogP contribution is 2.17. The van der Waals surface area contributed by atoms with Crippen LogP contribution in [-0.2, 0) is 6.42 Å². The lowest BCUT2D eigenvalue weighted by Crippen LogP contribution is -2.17. The summed E-state index contributed by atoms with van der Waals surface area (Å²) in [5, 5.41) is 5.41. The van der Waals surface area contributed by atoms with Crippen LogP contribution in [0, 0.1) is 5.82 Å². The van der Waals surface area contributed by atoms with Gasteiger partial charge < -0.3 is 10.6 Å². The number of benzene rings is 2. The van der Waals surface area contributed by atoms with Crippen LogP contribution in [0.4, 0.5) is 15.8 Å². The fraction of sp³-hybridized carbons (Fsp3) is 0.0952. The lowest BCUT2D eigenvalue weighted by atomic mass is 10.1. The standard InChI is InChI=1S/C21H18FN3O2/c1-2-14-6-3-4-9-18(14)25-20(26)15-10-11-23-19(12-15)21(27)24-17-8-5-7-16(22)13-17/h3-13H,2H2,1H3,(H,24,27)(H,25,26). The number of rotatable bonds is 5. The van der Waals surface area contributed by atoms with Crippen LogP contribution in [0.15, 0.2) is 66.9 Å². The maximum absolute atomic E-state index is 13.2. The minimum atomic E-state index is -0.524. The lowest BCUT2D eigenvalue weighted by Gasteiger charge is -2.10.